The highest BCUT2D eigenvalue weighted by molar-refractivity contribution is 5.65. The zero-order chi connectivity index (χ0) is 21.6. The fourth-order valence-electron chi connectivity index (χ4n) is 5.70. The minimum atomic E-state index is -0.114. The van der Waals surface area contributed by atoms with Crippen LogP contribution in [0.25, 0.3) is 18.0 Å². The van der Waals surface area contributed by atoms with Crippen LogP contribution in [0.5, 0.6) is 5.75 Å². The predicted molar refractivity (Wildman–Crippen MR) is 128 cm³/mol. The van der Waals surface area contributed by atoms with Crippen LogP contribution in [0.3, 0.4) is 0 Å². The molecule has 31 heavy (non-hydrogen) atoms. The Kier molecular flexibility index (Phi) is 3.64. The molecule has 2 aromatic rings. The summed E-state index contributed by atoms with van der Waals surface area (Å²) < 4.78 is 6.88. The molecule has 2 aliphatic heterocycles. The van der Waals surface area contributed by atoms with E-state index < -0.39 is 0 Å². The van der Waals surface area contributed by atoms with Crippen LogP contribution in [0.15, 0.2) is 48.6 Å². The van der Waals surface area contributed by atoms with Crippen molar-refractivity contribution < 1.29 is 4.74 Å². The van der Waals surface area contributed by atoms with Gasteiger partial charge in [-0.2, -0.15) is 0 Å². The summed E-state index contributed by atoms with van der Waals surface area (Å²) in [4.78, 5) is 2.48. The summed E-state index contributed by atoms with van der Waals surface area (Å²) in [7, 11) is 0. The first kappa shape index (κ1) is 19.0. The van der Waals surface area contributed by atoms with Gasteiger partial charge in [-0.15, -0.1) is 0 Å². The summed E-state index contributed by atoms with van der Waals surface area (Å²) in [5, 5.41) is 2.53. The van der Waals surface area contributed by atoms with E-state index in [4.69, 9.17) is 4.74 Å². The van der Waals surface area contributed by atoms with E-state index in [1.165, 1.54) is 32.7 Å². The number of fused-ring (bicyclic) bond motifs is 7. The van der Waals surface area contributed by atoms with Crippen LogP contribution < -0.4 is 15.2 Å². The number of aryl methyl sites for hydroxylation is 1. The van der Waals surface area contributed by atoms with Gasteiger partial charge >= 0.3 is 0 Å². The molecule has 2 nitrogen and oxygen atoms in total. The lowest BCUT2D eigenvalue weighted by Gasteiger charge is -2.55. The molecule has 0 saturated heterocycles. The molecule has 2 aliphatic carbocycles. The van der Waals surface area contributed by atoms with Gasteiger partial charge in [-0.3, -0.25) is 0 Å². The van der Waals surface area contributed by atoms with Crippen molar-refractivity contribution in [2.45, 2.75) is 63.8 Å². The largest absolute Gasteiger partial charge is 0.440 e. The molecule has 158 valence electrons. The summed E-state index contributed by atoms with van der Waals surface area (Å²) in [5.41, 5.74) is 5.27. The molecule has 0 spiro atoms. The van der Waals surface area contributed by atoms with Crippen molar-refractivity contribution in [3.8, 4) is 5.75 Å². The van der Waals surface area contributed by atoms with Gasteiger partial charge in [-0.25, -0.2) is 0 Å². The summed E-state index contributed by atoms with van der Waals surface area (Å²) in [6.07, 6.45) is 13.9. The highest BCUT2D eigenvalue weighted by Crippen LogP contribution is 2.55. The van der Waals surface area contributed by atoms with Crippen LogP contribution in [0, 0.1) is 0 Å². The standard InChI is InChI=1S/C29H31NO/c1-27(2,3)22-10-11-24-25(18-22)31-26-23-17-20-9-7-6-8-19(20)16-21(23)12-15-30(26)29(5)14-13-28(24,29)4/h7,9-14,16-18H,6,8,15H2,1-5H3. The second-order valence-corrected chi connectivity index (χ2v) is 10.9. The summed E-state index contributed by atoms with van der Waals surface area (Å²) in [6, 6.07) is 11.6. The molecule has 0 radical (unpaired) electrons. The van der Waals surface area contributed by atoms with Crippen LogP contribution in [0.2, 0.25) is 0 Å². The third-order valence-corrected chi connectivity index (χ3v) is 8.13. The molecule has 2 heterocycles. The Balaban J connectivity index is 1.65. The third-order valence-electron chi connectivity index (χ3n) is 8.13. The maximum absolute atomic E-state index is 6.88. The zero-order valence-corrected chi connectivity index (χ0v) is 19.3. The topological polar surface area (TPSA) is 12.5 Å². The number of hydrogen-bond acceptors (Lipinski definition) is 2. The van der Waals surface area contributed by atoms with Crippen molar-refractivity contribution in [2.24, 2.45) is 0 Å². The van der Waals surface area contributed by atoms with Crippen molar-refractivity contribution in [3.05, 3.63) is 81.3 Å². The average molecular weight is 410 g/mol. The van der Waals surface area contributed by atoms with E-state index in [-0.39, 0.29) is 16.4 Å². The Morgan fingerprint density at radius 3 is 2.61 bits per heavy atom. The summed E-state index contributed by atoms with van der Waals surface area (Å²) >= 11 is 0. The molecular formula is C29H31NO. The van der Waals surface area contributed by atoms with Gasteiger partial charge in [-0.1, -0.05) is 69.4 Å². The minimum absolute atomic E-state index is 0.0802. The molecule has 0 aromatic heterocycles. The number of allylic oxidation sites excluding steroid dienone is 1. The molecule has 0 amide bonds. The highest BCUT2D eigenvalue weighted by Gasteiger charge is 2.56. The SMILES string of the molecule is CC(C)(C)c1ccc2c(c1)OC1=c3cc4c(cc3=CCN1C1(C)C=CC21C)CCC=C4. The number of benzene rings is 2. The van der Waals surface area contributed by atoms with Crippen molar-refractivity contribution in [2.75, 3.05) is 6.54 Å². The molecule has 2 unspecified atom stereocenters. The maximum Gasteiger partial charge on any atom is 0.204 e. The quantitative estimate of drug-likeness (QED) is 0.581. The van der Waals surface area contributed by atoms with Gasteiger partial charge in [0.25, 0.3) is 0 Å². The van der Waals surface area contributed by atoms with Gasteiger partial charge in [0, 0.05) is 22.7 Å². The van der Waals surface area contributed by atoms with E-state index in [9.17, 15) is 0 Å². The molecule has 0 saturated carbocycles. The summed E-state index contributed by atoms with van der Waals surface area (Å²) in [5.74, 6) is 2.01. The highest BCUT2D eigenvalue weighted by atomic mass is 16.5. The van der Waals surface area contributed by atoms with E-state index in [1.807, 2.05) is 0 Å². The molecule has 0 bridgehead atoms. The van der Waals surface area contributed by atoms with Crippen LogP contribution in [-0.4, -0.2) is 17.0 Å². The molecule has 2 heteroatoms. The summed E-state index contributed by atoms with van der Waals surface area (Å²) in [6.45, 7) is 12.4. The van der Waals surface area contributed by atoms with Gasteiger partial charge in [0.05, 0.1) is 5.54 Å². The lowest BCUT2D eigenvalue weighted by Crippen LogP contribution is -2.63. The van der Waals surface area contributed by atoms with Crippen molar-refractivity contribution in [1.82, 2.24) is 4.90 Å². The van der Waals surface area contributed by atoms with Crippen molar-refractivity contribution in [3.63, 3.8) is 0 Å². The van der Waals surface area contributed by atoms with Gasteiger partial charge < -0.3 is 9.64 Å². The second-order valence-electron chi connectivity index (χ2n) is 10.9. The normalized spacial score (nSPS) is 27.5. The van der Waals surface area contributed by atoms with Crippen LogP contribution in [0.1, 0.15) is 63.3 Å². The third kappa shape index (κ3) is 2.45. The molecule has 0 N–H and O–H groups in total. The predicted octanol–water partition coefficient (Wildman–Crippen LogP) is 4.78. The van der Waals surface area contributed by atoms with Crippen LogP contribution in [0.4, 0.5) is 0 Å². The number of rotatable bonds is 0. The van der Waals surface area contributed by atoms with E-state index in [0.717, 1.165) is 31.0 Å². The van der Waals surface area contributed by atoms with Gasteiger partial charge in [0.15, 0.2) is 0 Å². The lowest BCUT2D eigenvalue weighted by molar-refractivity contribution is 0.132. The van der Waals surface area contributed by atoms with E-state index in [2.05, 4.69) is 100 Å². The fraction of sp³-hybridized carbons (Fsp3) is 0.379. The first-order valence-electron chi connectivity index (χ1n) is 11.6. The fourth-order valence-corrected chi connectivity index (χ4v) is 5.70. The van der Waals surface area contributed by atoms with E-state index >= 15 is 0 Å². The molecule has 0 fully saturated rings. The Labute approximate surface area is 185 Å². The second kappa shape index (κ2) is 5.94. The van der Waals surface area contributed by atoms with Gasteiger partial charge in [0.2, 0.25) is 5.88 Å². The number of ether oxygens (including phenoxy) is 1. The minimum Gasteiger partial charge on any atom is -0.440 e. The van der Waals surface area contributed by atoms with Gasteiger partial charge in [0.1, 0.15) is 5.75 Å². The Bertz CT molecular complexity index is 1310. The smallest absolute Gasteiger partial charge is 0.204 e. The Morgan fingerprint density at radius 1 is 1.03 bits per heavy atom. The van der Waals surface area contributed by atoms with E-state index in [0.29, 0.717) is 0 Å². The zero-order valence-electron chi connectivity index (χ0n) is 19.3. The molecule has 4 aliphatic rings. The number of nitrogens with zero attached hydrogens (tertiary/aromatic N) is 1. The molecule has 6 rings (SSSR count). The van der Waals surface area contributed by atoms with Gasteiger partial charge in [-0.05, 0) is 66.1 Å². The molecule has 2 aromatic carbocycles. The maximum atomic E-state index is 6.88. The van der Waals surface area contributed by atoms with E-state index in [1.54, 1.807) is 0 Å². The first-order chi connectivity index (χ1) is 14.7. The lowest BCUT2D eigenvalue weighted by atomic mass is 9.58. The average Bonchev–Trinajstić information content (AvgIpc) is 2.80. The first-order valence-corrected chi connectivity index (χ1v) is 11.6. The Morgan fingerprint density at radius 2 is 1.87 bits per heavy atom. The van der Waals surface area contributed by atoms with Crippen molar-refractivity contribution in [1.29, 1.82) is 0 Å². The monoisotopic (exact) mass is 409 g/mol. The molecular weight excluding hydrogens is 378 g/mol. The van der Waals surface area contributed by atoms with Crippen molar-refractivity contribution >= 4 is 18.0 Å². The Hall–Kier alpha value is -2.74. The molecule has 2 atom stereocenters. The van der Waals surface area contributed by atoms with Crippen LogP contribution in [-0.2, 0) is 17.3 Å². The number of hydrogen-bond donors (Lipinski definition) is 0. The van der Waals surface area contributed by atoms with Crippen LogP contribution >= 0.6 is 0 Å².